The van der Waals surface area contributed by atoms with E-state index in [9.17, 15) is 4.79 Å². The lowest BCUT2D eigenvalue weighted by molar-refractivity contribution is -0.145. The molecular formula is C28H25N3O3. The largest absolute Gasteiger partial charge is 0.375 e. The summed E-state index contributed by atoms with van der Waals surface area (Å²) in [5, 5.41) is 7.51. The van der Waals surface area contributed by atoms with Crippen molar-refractivity contribution in [2.24, 2.45) is 0 Å². The van der Waals surface area contributed by atoms with Crippen molar-refractivity contribution >= 4 is 49.5 Å². The maximum absolute atomic E-state index is 13.2. The third-order valence-corrected chi connectivity index (χ3v) is 8.69. The van der Waals surface area contributed by atoms with Gasteiger partial charge in [0.2, 0.25) is 0 Å². The lowest BCUT2D eigenvalue weighted by Gasteiger charge is -2.34. The molecule has 0 unspecified atom stereocenters. The predicted octanol–water partition coefficient (Wildman–Crippen LogP) is 5.53. The van der Waals surface area contributed by atoms with Gasteiger partial charge in [-0.05, 0) is 37.5 Å². The van der Waals surface area contributed by atoms with E-state index in [1.165, 1.54) is 0 Å². The first kappa shape index (κ1) is 19.0. The van der Waals surface area contributed by atoms with E-state index in [1.807, 2.05) is 0 Å². The Labute approximate surface area is 195 Å². The molecule has 1 saturated heterocycles. The molecule has 2 aromatic heterocycles. The highest BCUT2D eigenvalue weighted by atomic mass is 16.6. The second-order valence-electron chi connectivity index (χ2n) is 10.3. The van der Waals surface area contributed by atoms with Crippen LogP contribution in [0.4, 0.5) is 0 Å². The number of aromatic nitrogens is 2. The predicted molar refractivity (Wildman–Crippen MR) is 132 cm³/mol. The summed E-state index contributed by atoms with van der Waals surface area (Å²) in [4.78, 5) is 16.9. The maximum atomic E-state index is 13.2. The van der Waals surface area contributed by atoms with Crippen LogP contribution in [0.2, 0.25) is 0 Å². The van der Waals surface area contributed by atoms with E-state index < -0.39 is 0 Å². The zero-order valence-corrected chi connectivity index (χ0v) is 19.2. The van der Waals surface area contributed by atoms with E-state index in [4.69, 9.17) is 9.47 Å². The van der Waals surface area contributed by atoms with Crippen molar-refractivity contribution in [2.75, 3.05) is 7.11 Å². The number of carbonyl (C=O) groups excluding carboxylic acids is 1. The summed E-state index contributed by atoms with van der Waals surface area (Å²) in [6.07, 6.45) is 2.61. The van der Waals surface area contributed by atoms with Gasteiger partial charge in [0.1, 0.15) is 6.23 Å². The molecule has 6 nitrogen and oxygen atoms in total. The Kier molecular flexibility index (Phi) is 3.36. The number of carbonyl (C=O) groups is 1. The van der Waals surface area contributed by atoms with Crippen LogP contribution in [0.15, 0.2) is 48.5 Å². The molecule has 6 heteroatoms. The summed E-state index contributed by atoms with van der Waals surface area (Å²) in [6, 6.07) is 16.8. The van der Waals surface area contributed by atoms with Crippen LogP contribution < -0.4 is 5.32 Å². The van der Waals surface area contributed by atoms with Gasteiger partial charge in [-0.3, -0.25) is 4.79 Å². The number of fused-ring (bicyclic) bond motifs is 11. The normalized spacial score (nSPS) is 28.1. The van der Waals surface area contributed by atoms with Crippen molar-refractivity contribution in [2.45, 2.75) is 50.2 Å². The highest BCUT2D eigenvalue weighted by molar-refractivity contribution is 6.30. The Morgan fingerprint density at radius 3 is 2.71 bits per heavy atom. The summed E-state index contributed by atoms with van der Waals surface area (Å²) in [6.45, 7) is 2.72. The highest BCUT2D eigenvalue weighted by Crippen LogP contribution is 2.62. The van der Waals surface area contributed by atoms with Crippen LogP contribution in [0, 0.1) is 0 Å². The van der Waals surface area contributed by atoms with Gasteiger partial charge in [0.25, 0.3) is 5.91 Å². The third kappa shape index (κ3) is 2.08. The van der Waals surface area contributed by atoms with Gasteiger partial charge in [0.15, 0.2) is 0 Å². The molecule has 2 N–H and O–H groups in total. The van der Waals surface area contributed by atoms with E-state index >= 15 is 0 Å². The first-order valence-corrected chi connectivity index (χ1v) is 12.0. The molecule has 1 aliphatic carbocycles. The Bertz CT molecular complexity index is 1710. The second kappa shape index (κ2) is 6.01. The molecule has 3 aliphatic rings. The van der Waals surface area contributed by atoms with Crippen LogP contribution in [-0.2, 0) is 16.0 Å². The quantitative estimate of drug-likeness (QED) is 0.371. The van der Waals surface area contributed by atoms with Crippen LogP contribution in [0.25, 0.3) is 43.6 Å². The number of benzene rings is 3. The summed E-state index contributed by atoms with van der Waals surface area (Å²) >= 11 is 0. The minimum Gasteiger partial charge on any atom is -0.375 e. The summed E-state index contributed by atoms with van der Waals surface area (Å²) < 4.78 is 15.0. The summed E-state index contributed by atoms with van der Waals surface area (Å²) in [5.41, 5.74) is 5.77. The Morgan fingerprint density at radius 2 is 1.88 bits per heavy atom. The zero-order valence-electron chi connectivity index (χ0n) is 19.2. The number of nitrogens with one attached hydrogen (secondary N) is 2. The number of rotatable bonds is 2. The van der Waals surface area contributed by atoms with Gasteiger partial charge in [-0.1, -0.05) is 36.4 Å². The number of nitrogens with zero attached hydrogens (tertiary/aromatic N) is 1. The highest BCUT2D eigenvalue weighted by Gasteiger charge is 2.69. The summed E-state index contributed by atoms with van der Waals surface area (Å²) in [7, 11) is 1.80. The SMILES string of the molecule is CO[C@]12CC[C@H](n3c4ccccc4c4c5c(c6c7ccccc7[nH]c6c43)CNC5=O)O[C@]1(C)C2. The number of methoxy groups -OCH3 is 1. The average molecular weight is 452 g/mol. The van der Waals surface area contributed by atoms with Crippen molar-refractivity contribution < 1.29 is 14.3 Å². The van der Waals surface area contributed by atoms with Gasteiger partial charge >= 0.3 is 0 Å². The van der Waals surface area contributed by atoms with E-state index in [0.717, 1.165) is 74.0 Å². The number of amides is 1. The van der Waals surface area contributed by atoms with Crippen LogP contribution in [0.1, 0.15) is 48.3 Å². The van der Waals surface area contributed by atoms with Crippen molar-refractivity contribution in [3.05, 3.63) is 59.7 Å². The lowest BCUT2D eigenvalue weighted by atomic mass is 9.97. The fraction of sp³-hybridized carbons (Fsp3) is 0.321. The first-order chi connectivity index (χ1) is 16.6. The van der Waals surface area contributed by atoms with E-state index in [-0.39, 0.29) is 23.3 Å². The van der Waals surface area contributed by atoms with Gasteiger partial charge in [-0.15, -0.1) is 0 Å². The van der Waals surface area contributed by atoms with Crippen LogP contribution in [0.5, 0.6) is 0 Å². The van der Waals surface area contributed by atoms with Crippen LogP contribution in [-0.4, -0.2) is 33.8 Å². The molecule has 4 heterocycles. The van der Waals surface area contributed by atoms with Gasteiger partial charge in [-0.25, -0.2) is 0 Å². The fourth-order valence-electron chi connectivity index (χ4n) is 6.94. The number of hydrogen-bond acceptors (Lipinski definition) is 3. The molecule has 170 valence electrons. The van der Waals surface area contributed by atoms with Crippen LogP contribution >= 0.6 is 0 Å². The fourth-order valence-corrected chi connectivity index (χ4v) is 6.94. The first-order valence-electron chi connectivity index (χ1n) is 12.0. The smallest absolute Gasteiger partial charge is 0.252 e. The molecule has 34 heavy (non-hydrogen) atoms. The molecule has 1 amide bonds. The van der Waals surface area contributed by atoms with Crippen LogP contribution in [0.3, 0.4) is 0 Å². The number of hydrogen-bond donors (Lipinski definition) is 2. The monoisotopic (exact) mass is 451 g/mol. The standard InChI is InChI=1S/C28H25N3O3/c1-27-14-28(27,33-2)12-11-20(34-27)31-19-10-6-4-8-16(19)22-23-17(13-29-26(23)32)21-15-7-3-5-9-18(15)30-24(21)25(22)31/h3-10,20,30H,11-14H2,1-2H3,(H,29,32)/t20-,27-,28+/m1/s1. The molecule has 0 radical (unpaired) electrons. The molecule has 8 rings (SSSR count). The molecular weight excluding hydrogens is 426 g/mol. The molecule has 3 atom stereocenters. The average Bonchev–Trinajstić information content (AvgIpc) is 3.15. The number of aromatic amines is 1. The van der Waals surface area contributed by atoms with Gasteiger partial charge < -0.3 is 24.3 Å². The number of ether oxygens (including phenoxy) is 2. The molecule has 0 spiro atoms. The Morgan fingerprint density at radius 1 is 1.09 bits per heavy atom. The third-order valence-electron chi connectivity index (χ3n) is 8.69. The molecule has 1 saturated carbocycles. The van der Waals surface area contributed by atoms with Crippen molar-refractivity contribution in [1.82, 2.24) is 14.9 Å². The lowest BCUT2D eigenvalue weighted by Crippen LogP contribution is -2.36. The van der Waals surface area contributed by atoms with Crippen molar-refractivity contribution in [1.29, 1.82) is 0 Å². The topological polar surface area (TPSA) is 68.3 Å². The number of para-hydroxylation sites is 2. The van der Waals surface area contributed by atoms with Crippen molar-refractivity contribution in [3.63, 3.8) is 0 Å². The Hall–Kier alpha value is -3.35. The van der Waals surface area contributed by atoms with E-state index in [0.29, 0.717) is 6.54 Å². The molecule has 2 fully saturated rings. The molecule has 2 aliphatic heterocycles. The summed E-state index contributed by atoms with van der Waals surface area (Å²) in [5.74, 6) is 0.00667. The molecule has 5 aromatic rings. The van der Waals surface area contributed by atoms with E-state index in [1.54, 1.807) is 7.11 Å². The zero-order chi connectivity index (χ0) is 22.8. The van der Waals surface area contributed by atoms with Gasteiger partial charge in [0.05, 0.1) is 33.3 Å². The second-order valence-corrected chi connectivity index (χ2v) is 10.3. The minimum atomic E-state index is -0.282. The molecule has 3 aromatic carbocycles. The Balaban J connectivity index is 1.53. The van der Waals surface area contributed by atoms with Gasteiger partial charge in [-0.2, -0.15) is 0 Å². The maximum Gasteiger partial charge on any atom is 0.252 e. The minimum absolute atomic E-state index is 0.00667. The molecule has 0 bridgehead atoms. The number of H-pyrrole nitrogens is 1. The van der Waals surface area contributed by atoms with Gasteiger partial charge in [0, 0.05) is 47.1 Å². The van der Waals surface area contributed by atoms with E-state index in [2.05, 4.69) is 70.3 Å². The van der Waals surface area contributed by atoms with Crippen molar-refractivity contribution in [3.8, 4) is 0 Å².